The number of hydrogen-bond donors (Lipinski definition) is 0. The highest BCUT2D eigenvalue weighted by molar-refractivity contribution is 5.85. The molecule has 23 heavy (non-hydrogen) atoms. The number of rotatable bonds is 2. The summed E-state index contributed by atoms with van der Waals surface area (Å²) in [4.78, 5) is 28.5. The summed E-state index contributed by atoms with van der Waals surface area (Å²) in [5.74, 6) is 0.0728. The average molecular weight is 316 g/mol. The topological polar surface area (TPSA) is 49.9 Å². The second-order valence-electron chi connectivity index (χ2n) is 6.57. The van der Waals surface area contributed by atoms with E-state index in [2.05, 4.69) is 6.07 Å². The molecule has 0 aliphatic carbocycles. The number of amides is 2. The number of hydrogen-bond acceptors (Lipinski definition) is 3. The maximum absolute atomic E-state index is 12.6. The molecule has 1 aromatic carbocycles. The molecule has 1 aromatic rings. The first kappa shape index (κ1) is 16.0. The third-order valence-electron chi connectivity index (χ3n) is 4.54. The lowest BCUT2D eigenvalue weighted by molar-refractivity contribution is -0.148. The highest BCUT2D eigenvalue weighted by atomic mass is 16.5. The predicted molar refractivity (Wildman–Crippen MR) is 86.8 cm³/mol. The molecule has 124 valence electrons. The van der Waals surface area contributed by atoms with Gasteiger partial charge in [0.15, 0.2) is 0 Å². The first-order chi connectivity index (χ1) is 11.0. The predicted octanol–water partition coefficient (Wildman–Crippen LogP) is 1.60. The first-order valence-corrected chi connectivity index (χ1v) is 8.30. The summed E-state index contributed by atoms with van der Waals surface area (Å²) in [6.07, 6.45) is 1.32. The smallest absolute Gasteiger partial charge is 0.242 e. The minimum absolute atomic E-state index is 0.0136. The van der Waals surface area contributed by atoms with Gasteiger partial charge in [0.05, 0.1) is 12.2 Å². The Morgan fingerprint density at radius 3 is 2.48 bits per heavy atom. The van der Waals surface area contributed by atoms with Gasteiger partial charge in [0.25, 0.3) is 0 Å². The fourth-order valence-electron chi connectivity index (χ4n) is 3.44. The van der Waals surface area contributed by atoms with Crippen LogP contribution in [0.5, 0.6) is 0 Å². The number of benzene rings is 1. The SMILES string of the molecule is C[C@@H]1CN(C(=O)CN2Cc3ccccc3CCC2=O)C[C@H](C)O1. The number of carbonyl (C=O) groups excluding carboxylic acids is 2. The van der Waals surface area contributed by atoms with E-state index in [0.29, 0.717) is 26.1 Å². The van der Waals surface area contributed by atoms with Crippen LogP contribution in [0.25, 0.3) is 0 Å². The van der Waals surface area contributed by atoms with Crippen LogP contribution in [0.3, 0.4) is 0 Å². The third kappa shape index (κ3) is 3.72. The van der Waals surface area contributed by atoms with Crippen LogP contribution >= 0.6 is 0 Å². The van der Waals surface area contributed by atoms with Gasteiger partial charge < -0.3 is 14.5 Å². The van der Waals surface area contributed by atoms with Crippen LogP contribution in [0.1, 0.15) is 31.4 Å². The second-order valence-corrected chi connectivity index (χ2v) is 6.57. The molecule has 2 aliphatic heterocycles. The van der Waals surface area contributed by atoms with Crippen molar-refractivity contribution in [3.05, 3.63) is 35.4 Å². The summed E-state index contributed by atoms with van der Waals surface area (Å²) in [5, 5.41) is 0. The van der Waals surface area contributed by atoms with E-state index in [-0.39, 0.29) is 30.6 Å². The van der Waals surface area contributed by atoms with Gasteiger partial charge in [0.1, 0.15) is 6.54 Å². The van der Waals surface area contributed by atoms with Crippen LogP contribution in [0.4, 0.5) is 0 Å². The van der Waals surface area contributed by atoms with Crippen molar-refractivity contribution in [1.82, 2.24) is 9.80 Å². The number of nitrogens with zero attached hydrogens (tertiary/aromatic N) is 2. The molecule has 3 rings (SSSR count). The van der Waals surface area contributed by atoms with Crippen LogP contribution in [0.2, 0.25) is 0 Å². The molecular formula is C18H24N2O3. The molecule has 0 radical (unpaired) electrons. The Hall–Kier alpha value is -1.88. The molecule has 1 saturated heterocycles. The molecule has 2 heterocycles. The van der Waals surface area contributed by atoms with Crippen LogP contribution < -0.4 is 0 Å². The highest BCUT2D eigenvalue weighted by Gasteiger charge is 2.29. The normalized spacial score (nSPS) is 25.0. The zero-order chi connectivity index (χ0) is 16.4. The molecule has 2 aliphatic rings. The molecule has 0 aromatic heterocycles. The molecule has 1 fully saturated rings. The zero-order valence-electron chi connectivity index (χ0n) is 13.8. The molecular weight excluding hydrogens is 292 g/mol. The third-order valence-corrected chi connectivity index (χ3v) is 4.54. The van der Waals surface area contributed by atoms with E-state index in [9.17, 15) is 9.59 Å². The van der Waals surface area contributed by atoms with E-state index in [4.69, 9.17) is 4.74 Å². The van der Waals surface area contributed by atoms with Crippen LogP contribution in [-0.2, 0) is 27.3 Å². The zero-order valence-corrected chi connectivity index (χ0v) is 13.8. The molecule has 0 saturated carbocycles. The lowest BCUT2D eigenvalue weighted by Gasteiger charge is -2.36. The van der Waals surface area contributed by atoms with Crippen molar-refractivity contribution in [2.45, 2.75) is 45.4 Å². The van der Waals surface area contributed by atoms with E-state index in [1.807, 2.05) is 36.9 Å². The van der Waals surface area contributed by atoms with Gasteiger partial charge in [-0.25, -0.2) is 0 Å². The average Bonchev–Trinajstić information content (AvgIpc) is 2.66. The van der Waals surface area contributed by atoms with E-state index in [1.165, 1.54) is 5.56 Å². The van der Waals surface area contributed by atoms with Gasteiger partial charge in [-0.1, -0.05) is 24.3 Å². The minimum atomic E-state index is 0.0136. The summed E-state index contributed by atoms with van der Waals surface area (Å²) in [5.41, 5.74) is 2.36. The standard InChI is InChI=1S/C18H24N2O3/c1-13-9-19(10-14(2)23-13)18(22)12-20-11-16-6-4-3-5-15(16)7-8-17(20)21/h3-6,13-14H,7-12H2,1-2H3/t13-,14+. The van der Waals surface area contributed by atoms with Crippen molar-refractivity contribution in [3.63, 3.8) is 0 Å². The van der Waals surface area contributed by atoms with Crippen LogP contribution in [0.15, 0.2) is 24.3 Å². The number of morpholine rings is 1. The van der Waals surface area contributed by atoms with Crippen LogP contribution in [0, 0.1) is 0 Å². The summed E-state index contributed by atoms with van der Waals surface area (Å²) in [7, 11) is 0. The number of fused-ring (bicyclic) bond motifs is 1. The largest absolute Gasteiger partial charge is 0.372 e. The van der Waals surface area contributed by atoms with Gasteiger partial charge in [-0.2, -0.15) is 0 Å². The number of carbonyl (C=O) groups is 2. The summed E-state index contributed by atoms with van der Waals surface area (Å²) < 4.78 is 5.67. The van der Waals surface area contributed by atoms with Gasteiger partial charge in [-0.3, -0.25) is 9.59 Å². The fraction of sp³-hybridized carbons (Fsp3) is 0.556. The van der Waals surface area contributed by atoms with Gasteiger partial charge in [0.2, 0.25) is 11.8 Å². The Morgan fingerprint density at radius 1 is 1.13 bits per heavy atom. The Bertz CT molecular complexity index is 592. The Balaban J connectivity index is 1.69. The van der Waals surface area contributed by atoms with E-state index >= 15 is 0 Å². The molecule has 2 atom stereocenters. The van der Waals surface area contributed by atoms with Gasteiger partial charge in [-0.15, -0.1) is 0 Å². The van der Waals surface area contributed by atoms with Crippen molar-refractivity contribution in [2.75, 3.05) is 19.6 Å². The lowest BCUT2D eigenvalue weighted by Crippen LogP contribution is -2.51. The van der Waals surface area contributed by atoms with Crippen molar-refractivity contribution >= 4 is 11.8 Å². The molecule has 0 bridgehead atoms. The van der Waals surface area contributed by atoms with Gasteiger partial charge in [-0.05, 0) is 31.4 Å². The summed E-state index contributed by atoms with van der Waals surface area (Å²) in [6.45, 7) is 5.83. The Kier molecular flexibility index (Phi) is 4.66. The fourth-order valence-corrected chi connectivity index (χ4v) is 3.44. The molecule has 0 spiro atoms. The molecule has 2 amide bonds. The number of aryl methyl sites for hydroxylation is 1. The second kappa shape index (κ2) is 6.71. The Morgan fingerprint density at radius 2 is 1.78 bits per heavy atom. The quantitative estimate of drug-likeness (QED) is 0.833. The van der Waals surface area contributed by atoms with Crippen LogP contribution in [-0.4, -0.2) is 53.5 Å². The first-order valence-electron chi connectivity index (χ1n) is 8.30. The molecule has 5 nitrogen and oxygen atoms in total. The maximum Gasteiger partial charge on any atom is 0.242 e. The van der Waals surface area contributed by atoms with Crippen molar-refractivity contribution in [1.29, 1.82) is 0 Å². The van der Waals surface area contributed by atoms with Gasteiger partial charge >= 0.3 is 0 Å². The van der Waals surface area contributed by atoms with Crippen molar-refractivity contribution in [2.24, 2.45) is 0 Å². The monoisotopic (exact) mass is 316 g/mol. The van der Waals surface area contributed by atoms with Gasteiger partial charge in [0, 0.05) is 26.1 Å². The Labute approximate surface area is 137 Å². The highest BCUT2D eigenvalue weighted by Crippen LogP contribution is 2.19. The van der Waals surface area contributed by atoms with E-state index in [0.717, 1.165) is 12.0 Å². The van der Waals surface area contributed by atoms with Crippen molar-refractivity contribution < 1.29 is 14.3 Å². The minimum Gasteiger partial charge on any atom is -0.372 e. The van der Waals surface area contributed by atoms with E-state index < -0.39 is 0 Å². The molecule has 5 heteroatoms. The maximum atomic E-state index is 12.6. The summed E-state index contributed by atoms with van der Waals surface area (Å²) in [6, 6.07) is 8.10. The van der Waals surface area contributed by atoms with E-state index in [1.54, 1.807) is 4.90 Å². The van der Waals surface area contributed by atoms with Crippen molar-refractivity contribution in [3.8, 4) is 0 Å². The molecule has 0 unspecified atom stereocenters. The summed E-state index contributed by atoms with van der Waals surface area (Å²) >= 11 is 0. The molecule has 0 N–H and O–H groups in total. The number of ether oxygens (including phenoxy) is 1. The lowest BCUT2D eigenvalue weighted by atomic mass is 10.0.